The molecule has 2 nitrogen and oxygen atoms in total. The molecule has 1 saturated heterocycles. The van der Waals surface area contributed by atoms with Crippen molar-refractivity contribution in [3.63, 3.8) is 0 Å². The molecule has 1 aliphatic heterocycles. The Morgan fingerprint density at radius 2 is 2.31 bits per heavy atom. The molecule has 3 heteroatoms. The van der Waals surface area contributed by atoms with Crippen LogP contribution >= 0.6 is 15.9 Å². The molecule has 0 aliphatic carbocycles. The van der Waals surface area contributed by atoms with Gasteiger partial charge in [-0.25, -0.2) is 0 Å². The molecule has 2 N–H and O–H groups in total. The third-order valence-electron chi connectivity index (χ3n) is 2.40. The molecule has 0 saturated carbocycles. The van der Waals surface area contributed by atoms with E-state index in [9.17, 15) is 0 Å². The minimum absolute atomic E-state index is 0.346. The molecule has 70 valence electrons. The van der Waals surface area contributed by atoms with Crippen molar-refractivity contribution < 1.29 is 0 Å². The van der Waals surface area contributed by atoms with Crippen LogP contribution in [-0.2, 0) is 0 Å². The van der Waals surface area contributed by atoms with E-state index >= 15 is 0 Å². The molecule has 1 aromatic rings. The van der Waals surface area contributed by atoms with Gasteiger partial charge in [-0.3, -0.25) is 0 Å². The fourth-order valence-electron chi connectivity index (χ4n) is 1.69. The Balaban J connectivity index is 2.16. The Morgan fingerprint density at radius 3 is 2.92 bits per heavy atom. The number of hydrogen-bond acceptors (Lipinski definition) is 2. The zero-order chi connectivity index (χ0) is 9.26. The first-order chi connectivity index (χ1) is 6.25. The predicted octanol–water partition coefficient (Wildman–Crippen LogP) is 1.99. The van der Waals surface area contributed by atoms with Crippen LogP contribution in [0.3, 0.4) is 0 Å². The Hall–Kier alpha value is -0.540. The van der Waals surface area contributed by atoms with Crippen molar-refractivity contribution >= 4 is 21.6 Å². The molecule has 13 heavy (non-hydrogen) atoms. The average molecular weight is 241 g/mol. The van der Waals surface area contributed by atoms with E-state index in [1.807, 2.05) is 6.07 Å². The van der Waals surface area contributed by atoms with E-state index in [2.05, 4.69) is 39.0 Å². The number of rotatable bonds is 1. The summed E-state index contributed by atoms with van der Waals surface area (Å²) < 4.78 is 1.13. The van der Waals surface area contributed by atoms with Crippen LogP contribution in [0.2, 0.25) is 0 Å². The molecule has 0 aromatic heterocycles. The van der Waals surface area contributed by atoms with Crippen LogP contribution in [0.15, 0.2) is 28.7 Å². The first kappa shape index (κ1) is 9.03. The summed E-state index contributed by atoms with van der Waals surface area (Å²) in [7, 11) is 0. The lowest BCUT2D eigenvalue weighted by atomic mass is 10.3. The zero-order valence-corrected chi connectivity index (χ0v) is 9.00. The maximum atomic E-state index is 5.85. The Morgan fingerprint density at radius 1 is 1.46 bits per heavy atom. The van der Waals surface area contributed by atoms with Gasteiger partial charge in [0.15, 0.2) is 0 Å². The molecule has 0 unspecified atom stereocenters. The van der Waals surface area contributed by atoms with Gasteiger partial charge in [0.1, 0.15) is 0 Å². The van der Waals surface area contributed by atoms with Crippen molar-refractivity contribution in [3.05, 3.63) is 28.7 Å². The van der Waals surface area contributed by atoms with E-state index < -0.39 is 0 Å². The minimum Gasteiger partial charge on any atom is -0.370 e. The van der Waals surface area contributed by atoms with E-state index in [0.717, 1.165) is 24.0 Å². The standard InChI is InChI=1S/C10H13BrN2/c11-8-2-1-3-10(6-8)13-5-4-9(12)7-13/h1-3,6,9H,4-5,7,12H2/t9-/m1/s1. The second-order valence-corrected chi connectivity index (χ2v) is 4.39. The zero-order valence-electron chi connectivity index (χ0n) is 7.41. The number of benzene rings is 1. The number of hydrogen-bond donors (Lipinski definition) is 1. The first-order valence-corrected chi connectivity index (χ1v) is 5.31. The van der Waals surface area contributed by atoms with Crippen LogP contribution in [0, 0.1) is 0 Å². The minimum atomic E-state index is 0.346. The highest BCUT2D eigenvalue weighted by Gasteiger charge is 2.18. The molecule has 1 aliphatic rings. The lowest BCUT2D eigenvalue weighted by Crippen LogP contribution is -2.26. The quantitative estimate of drug-likeness (QED) is 0.814. The Kier molecular flexibility index (Phi) is 2.56. The maximum Gasteiger partial charge on any atom is 0.0378 e. The Bertz CT molecular complexity index is 301. The summed E-state index contributed by atoms with van der Waals surface area (Å²) in [5.74, 6) is 0. The number of halogens is 1. The van der Waals surface area contributed by atoms with Gasteiger partial charge in [-0.15, -0.1) is 0 Å². The van der Waals surface area contributed by atoms with E-state index in [1.165, 1.54) is 5.69 Å². The summed E-state index contributed by atoms with van der Waals surface area (Å²) in [5, 5.41) is 0. The number of nitrogens with two attached hydrogens (primary N) is 1. The molecule has 0 spiro atoms. The molecule has 1 aromatic carbocycles. The molecule has 0 bridgehead atoms. The third kappa shape index (κ3) is 2.03. The van der Waals surface area contributed by atoms with Crippen molar-refractivity contribution in [2.24, 2.45) is 5.73 Å². The molecule has 0 amide bonds. The summed E-state index contributed by atoms with van der Waals surface area (Å²) in [5.41, 5.74) is 7.11. The smallest absolute Gasteiger partial charge is 0.0378 e. The fourth-order valence-corrected chi connectivity index (χ4v) is 2.08. The van der Waals surface area contributed by atoms with Gasteiger partial charge in [-0.1, -0.05) is 22.0 Å². The average Bonchev–Trinajstić information content (AvgIpc) is 2.52. The van der Waals surface area contributed by atoms with Gasteiger partial charge in [0.05, 0.1) is 0 Å². The molecule has 1 atom stereocenters. The summed E-state index contributed by atoms with van der Waals surface area (Å²) in [6.07, 6.45) is 1.10. The van der Waals surface area contributed by atoms with Gasteiger partial charge in [0.2, 0.25) is 0 Å². The van der Waals surface area contributed by atoms with E-state index in [4.69, 9.17) is 5.73 Å². The van der Waals surface area contributed by atoms with Gasteiger partial charge < -0.3 is 10.6 Å². The van der Waals surface area contributed by atoms with Crippen molar-refractivity contribution in [2.45, 2.75) is 12.5 Å². The summed E-state index contributed by atoms with van der Waals surface area (Å²) >= 11 is 3.47. The lowest BCUT2D eigenvalue weighted by Gasteiger charge is -2.17. The van der Waals surface area contributed by atoms with Crippen molar-refractivity contribution in [3.8, 4) is 0 Å². The highest BCUT2D eigenvalue weighted by Crippen LogP contribution is 2.22. The number of nitrogens with zero attached hydrogens (tertiary/aromatic N) is 1. The lowest BCUT2D eigenvalue weighted by molar-refractivity contribution is 0.752. The van der Waals surface area contributed by atoms with Crippen LogP contribution in [0.5, 0.6) is 0 Å². The van der Waals surface area contributed by atoms with Gasteiger partial charge in [-0.2, -0.15) is 0 Å². The largest absolute Gasteiger partial charge is 0.370 e. The Labute approximate surface area is 86.9 Å². The molecule has 1 heterocycles. The second kappa shape index (κ2) is 3.68. The topological polar surface area (TPSA) is 29.3 Å². The molecule has 0 radical (unpaired) electrons. The molecular weight excluding hydrogens is 228 g/mol. The highest BCUT2D eigenvalue weighted by atomic mass is 79.9. The van der Waals surface area contributed by atoms with Gasteiger partial charge in [-0.05, 0) is 24.6 Å². The first-order valence-electron chi connectivity index (χ1n) is 4.52. The highest BCUT2D eigenvalue weighted by molar-refractivity contribution is 9.10. The third-order valence-corrected chi connectivity index (χ3v) is 2.89. The predicted molar refractivity (Wildman–Crippen MR) is 58.9 cm³/mol. The summed E-state index contributed by atoms with van der Waals surface area (Å²) in [4.78, 5) is 2.33. The second-order valence-electron chi connectivity index (χ2n) is 3.47. The van der Waals surface area contributed by atoms with Crippen LogP contribution in [0.4, 0.5) is 5.69 Å². The van der Waals surface area contributed by atoms with Gasteiger partial charge >= 0.3 is 0 Å². The van der Waals surface area contributed by atoms with E-state index in [-0.39, 0.29) is 0 Å². The fraction of sp³-hybridized carbons (Fsp3) is 0.400. The van der Waals surface area contributed by atoms with Crippen molar-refractivity contribution in [1.29, 1.82) is 0 Å². The van der Waals surface area contributed by atoms with Crippen molar-refractivity contribution in [2.75, 3.05) is 18.0 Å². The van der Waals surface area contributed by atoms with Crippen LogP contribution in [0.1, 0.15) is 6.42 Å². The normalized spacial score (nSPS) is 22.3. The molecule has 2 rings (SSSR count). The maximum absolute atomic E-state index is 5.85. The summed E-state index contributed by atoms with van der Waals surface area (Å²) in [6, 6.07) is 8.71. The van der Waals surface area contributed by atoms with Crippen LogP contribution < -0.4 is 10.6 Å². The number of anilines is 1. The van der Waals surface area contributed by atoms with Gasteiger partial charge in [0, 0.05) is 29.3 Å². The van der Waals surface area contributed by atoms with Crippen LogP contribution in [0.25, 0.3) is 0 Å². The van der Waals surface area contributed by atoms with Gasteiger partial charge in [0.25, 0.3) is 0 Å². The summed E-state index contributed by atoms with van der Waals surface area (Å²) in [6.45, 7) is 2.06. The molecular formula is C10H13BrN2. The monoisotopic (exact) mass is 240 g/mol. The van der Waals surface area contributed by atoms with Crippen LogP contribution in [-0.4, -0.2) is 19.1 Å². The molecule has 1 fully saturated rings. The van der Waals surface area contributed by atoms with Crippen molar-refractivity contribution in [1.82, 2.24) is 0 Å². The van der Waals surface area contributed by atoms with E-state index in [0.29, 0.717) is 6.04 Å². The van der Waals surface area contributed by atoms with E-state index in [1.54, 1.807) is 0 Å². The SMILES string of the molecule is N[C@@H]1CCN(c2cccc(Br)c2)C1.